The van der Waals surface area contributed by atoms with Crippen LogP contribution in [0.2, 0.25) is 0 Å². The van der Waals surface area contributed by atoms with E-state index in [0.29, 0.717) is 28.9 Å². The summed E-state index contributed by atoms with van der Waals surface area (Å²) in [5.74, 6) is -0.620. The van der Waals surface area contributed by atoms with E-state index in [2.05, 4.69) is 10.6 Å². The van der Waals surface area contributed by atoms with Crippen LogP contribution in [0.4, 0.5) is 11.4 Å². The van der Waals surface area contributed by atoms with Gasteiger partial charge in [-0.1, -0.05) is 12.1 Å². The van der Waals surface area contributed by atoms with Gasteiger partial charge in [-0.05, 0) is 63.1 Å². The van der Waals surface area contributed by atoms with Crippen LogP contribution in [0.15, 0.2) is 42.5 Å². The lowest BCUT2D eigenvalue weighted by Gasteiger charge is -2.22. The number of sulfonamides is 1. The number of carbonyl (C=O) groups is 2. The molecule has 0 radical (unpaired) electrons. The molecule has 2 aromatic rings. The van der Waals surface area contributed by atoms with E-state index in [4.69, 9.17) is 0 Å². The number of hydrogen-bond donors (Lipinski definition) is 2. The number of nitrogens with zero attached hydrogens (tertiary/aromatic N) is 1. The summed E-state index contributed by atoms with van der Waals surface area (Å²) in [6, 6.07) is 11.6. The van der Waals surface area contributed by atoms with Crippen LogP contribution in [0.1, 0.15) is 47.1 Å². The van der Waals surface area contributed by atoms with Crippen molar-refractivity contribution in [1.29, 1.82) is 0 Å². The van der Waals surface area contributed by atoms with Gasteiger partial charge in [0.25, 0.3) is 11.8 Å². The highest BCUT2D eigenvalue weighted by Gasteiger charge is 2.32. The molecule has 8 heteroatoms. The molecule has 1 aliphatic rings. The molecule has 3 rings (SSSR count). The number of nitrogens with one attached hydrogen (secondary N) is 2. The Balaban J connectivity index is 1.86. The molecule has 2 N–H and O–H groups in total. The number of amides is 2. The van der Waals surface area contributed by atoms with Gasteiger partial charge in [-0.25, -0.2) is 8.42 Å². The number of anilines is 2. The maximum Gasteiger partial charge on any atom is 0.255 e. The average molecular weight is 416 g/mol. The van der Waals surface area contributed by atoms with Crippen LogP contribution >= 0.6 is 0 Å². The standard InChI is InChI=1S/C21H25N3O4S/c1-13(2)22-21(26)17-7-5-6-8-18(17)23-20(25)15-9-10-19-16(12-15)11-14(3)24(19)29(4,27)28/h5-10,12-14H,11H2,1-4H3,(H,22,26)(H,23,25). The minimum Gasteiger partial charge on any atom is -0.350 e. The zero-order valence-corrected chi connectivity index (χ0v) is 17.7. The Hall–Kier alpha value is -2.87. The lowest BCUT2D eigenvalue weighted by molar-refractivity contribution is 0.0944. The van der Waals surface area contributed by atoms with Crippen LogP contribution in [0.25, 0.3) is 0 Å². The summed E-state index contributed by atoms with van der Waals surface area (Å²) in [4.78, 5) is 25.2. The van der Waals surface area contributed by atoms with Crippen molar-refractivity contribution in [2.45, 2.75) is 39.3 Å². The molecule has 0 bridgehead atoms. The van der Waals surface area contributed by atoms with Crippen LogP contribution in [-0.2, 0) is 16.4 Å². The number of rotatable bonds is 5. The lowest BCUT2D eigenvalue weighted by atomic mass is 10.1. The molecule has 0 fully saturated rings. The van der Waals surface area contributed by atoms with Crippen LogP contribution in [0.5, 0.6) is 0 Å². The van der Waals surface area contributed by atoms with E-state index >= 15 is 0 Å². The summed E-state index contributed by atoms with van der Waals surface area (Å²) in [7, 11) is -3.38. The van der Waals surface area contributed by atoms with Gasteiger partial charge in [0.05, 0.1) is 23.2 Å². The smallest absolute Gasteiger partial charge is 0.255 e. The summed E-state index contributed by atoms with van der Waals surface area (Å²) in [6.07, 6.45) is 1.72. The van der Waals surface area contributed by atoms with Gasteiger partial charge in [0.2, 0.25) is 10.0 Å². The van der Waals surface area contributed by atoms with E-state index in [1.807, 2.05) is 20.8 Å². The predicted molar refractivity (Wildman–Crippen MR) is 114 cm³/mol. The molecule has 7 nitrogen and oxygen atoms in total. The molecular formula is C21H25N3O4S. The van der Waals surface area contributed by atoms with Crippen molar-refractivity contribution in [2.24, 2.45) is 0 Å². The summed E-state index contributed by atoms with van der Waals surface area (Å²) < 4.78 is 25.5. The largest absolute Gasteiger partial charge is 0.350 e. The van der Waals surface area contributed by atoms with Crippen LogP contribution in [0, 0.1) is 0 Å². The van der Waals surface area contributed by atoms with E-state index in [1.54, 1.807) is 42.5 Å². The normalized spacial score (nSPS) is 15.9. The molecule has 29 heavy (non-hydrogen) atoms. The first-order valence-electron chi connectivity index (χ1n) is 9.41. The van der Waals surface area contributed by atoms with Gasteiger partial charge in [0.15, 0.2) is 0 Å². The Kier molecular flexibility index (Phi) is 5.66. The second-order valence-corrected chi connectivity index (χ2v) is 9.44. The van der Waals surface area contributed by atoms with Crippen molar-refractivity contribution < 1.29 is 18.0 Å². The highest BCUT2D eigenvalue weighted by Crippen LogP contribution is 2.34. The summed E-state index contributed by atoms with van der Waals surface area (Å²) in [5, 5.41) is 5.61. The van der Waals surface area contributed by atoms with Gasteiger partial charge in [0, 0.05) is 17.6 Å². The highest BCUT2D eigenvalue weighted by atomic mass is 32.2. The van der Waals surface area contributed by atoms with Crippen LogP contribution in [-0.4, -0.2) is 38.6 Å². The fraction of sp³-hybridized carbons (Fsp3) is 0.333. The summed E-state index contributed by atoms with van der Waals surface area (Å²) >= 11 is 0. The molecule has 0 saturated carbocycles. The topological polar surface area (TPSA) is 95.6 Å². The highest BCUT2D eigenvalue weighted by molar-refractivity contribution is 7.92. The fourth-order valence-corrected chi connectivity index (χ4v) is 4.84. The van der Waals surface area contributed by atoms with E-state index in [9.17, 15) is 18.0 Å². The molecule has 1 unspecified atom stereocenters. The summed E-state index contributed by atoms with van der Waals surface area (Å²) in [6.45, 7) is 5.57. The first-order valence-corrected chi connectivity index (χ1v) is 11.3. The van der Waals surface area contributed by atoms with Gasteiger partial charge in [-0.2, -0.15) is 0 Å². The quantitative estimate of drug-likeness (QED) is 0.785. The molecule has 2 amide bonds. The zero-order valence-electron chi connectivity index (χ0n) is 16.9. The number of carbonyl (C=O) groups excluding carboxylic acids is 2. The zero-order chi connectivity index (χ0) is 21.3. The Morgan fingerprint density at radius 3 is 2.45 bits per heavy atom. The molecule has 0 aromatic heterocycles. The van der Waals surface area contributed by atoms with Gasteiger partial charge >= 0.3 is 0 Å². The Morgan fingerprint density at radius 1 is 1.10 bits per heavy atom. The van der Waals surface area contributed by atoms with Gasteiger partial charge < -0.3 is 10.6 Å². The molecule has 1 heterocycles. The second kappa shape index (κ2) is 7.87. The van der Waals surface area contributed by atoms with E-state index in [1.165, 1.54) is 10.6 Å². The predicted octanol–water partition coefficient (Wildman–Crippen LogP) is 2.79. The Morgan fingerprint density at radius 2 is 1.79 bits per heavy atom. The van der Waals surface area contributed by atoms with E-state index in [0.717, 1.165) is 5.56 Å². The van der Waals surface area contributed by atoms with Crippen molar-refractivity contribution in [3.8, 4) is 0 Å². The number of fused-ring (bicyclic) bond motifs is 1. The molecule has 1 atom stereocenters. The molecule has 0 saturated heterocycles. The molecule has 2 aromatic carbocycles. The van der Waals surface area contributed by atoms with Crippen molar-refractivity contribution >= 4 is 33.2 Å². The molecule has 1 aliphatic heterocycles. The van der Waals surface area contributed by atoms with Crippen molar-refractivity contribution in [3.05, 3.63) is 59.2 Å². The van der Waals surface area contributed by atoms with E-state index in [-0.39, 0.29) is 23.9 Å². The fourth-order valence-electron chi connectivity index (χ4n) is 3.57. The number of hydrogen-bond acceptors (Lipinski definition) is 4. The maximum atomic E-state index is 12.8. The third-order valence-electron chi connectivity index (χ3n) is 4.69. The maximum absolute atomic E-state index is 12.8. The third kappa shape index (κ3) is 4.42. The van der Waals surface area contributed by atoms with Crippen molar-refractivity contribution in [2.75, 3.05) is 15.9 Å². The monoisotopic (exact) mass is 415 g/mol. The van der Waals surface area contributed by atoms with Gasteiger partial charge in [0.1, 0.15) is 0 Å². The lowest BCUT2D eigenvalue weighted by Crippen LogP contribution is -2.34. The van der Waals surface area contributed by atoms with E-state index < -0.39 is 10.0 Å². The minimum absolute atomic E-state index is 0.0252. The molecule has 154 valence electrons. The Bertz CT molecular complexity index is 1060. The number of para-hydroxylation sites is 1. The van der Waals surface area contributed by atoms with Gasteiger partial charge in [-0.3, -0.25) is 13.9 Å². The molecule has 0 aliphatic carbocycles. The van der Waals surface area contributed by atoms with Crippen molar-refractivity contribution in [1.82, 2.24) is 5.32 Å². The van der Waals surface area contributed by atoms with Crippen LogP contribution in [0.3, 0.4) is 0 Å². The first-order chi connectivity index (χ1) is 13.6. The SMILES string of the molecule is CC(C)NC(=O)c1ccccc1NC(=O)c1ccc2c(c1)CC(C)N2S(C)(=O)=O. The number of benzene rings is 2. The van der Waals surface area contributed by atoms with Gasteiger partial charge in [-0.15, -0.1) is 0 Å². The van der Waals surface area contributed by atoms with Crippen molar-refractivity contribution in [3.63, 3.8) is 0 Å². The molecular weight excluding hydrogens is 390 g/mol. The second-order valence-electron chi connectivity index (χ2n) is 7.58. The Labute approximate surface area is 171 Å². The molecule has 0 spiro atoms. The third-order valence-corrected chi connectivity index (χ3v) is 5.96. The minimum atomic E-state index is -3.38. The van der Waals surface area contributed by atoms with Crippen LogP contribution < -0.4 is 14.9 Å². The summed E-state index contributed by atoms with van der Waals surface area (Å²) in [5.41, 5.74) is 2.62. The average Bonchev–Trinajstić information content (AvgIpc) is 2.96. The first kappa shape index (κ1) is 20.9.